The van der Waals surface area contributed by atoms with Gasteiger partial charge in [-0.15, -0.1) is 23.1 Å². The number of carbonyl (C=O) groups is 1. The van der Waals surface area contributed by atoms with Gasteiger partial charge in [0.05, 0.1) is 15.5 Å². The molecule has 1 rings (SSSR count). The van der Waals surface area contributed by atoms with E-state index in [1.807, 2.05) is 13.2 Å². The van der Waals surface area contributed by atoms with Crippen molar-refractivity contribution in [1.82, 2.24) is 0 Å². The van der Waals surface area contributed by atoms with Crippen molar-refractivity contribution >= 4 is 39.6 Å². The minimum atomic E-state index is 0.140. The molecule has 1 heterocycles. The zero-order valence-corrected chi connectivity index (χ0v) is 14.1. The average Bonchev–Trinajstić information content (AvgIpc) is 2.72. The summed E-state index contributed by atoms with van der Waals surface area (Å²) in [6, 6.07) is 0. The normalized spacial score (nSPS) is 11.1. The molecule has 0 atom stereocenters. The lowest BCUT2D eigenvalue weighted by Crippen LogP contribution is -2.19. The Kier molecular flexibility index (Phi) is 6.20. The van der Waals surface area contributed by atoms with Crippen molar-refractivity contribution in [1.29, 1.82) is 0 Å². The van der Waals surface area contributed by atoms with Gasteiger partial charge in [-0.25, -0.2) is 0 Å². The molecule has 108 valence electrons. The molecule has 0 aliphatic rings. The number of nitrogens with two attached hydrogens (primary N) is 1. The maximum atomic E-state index is 11.9. The molecule has 19 heavy (non-hydrogen) atoms. The highest BCUT2D eigenvalue weighted by molar-refractivity contribution is 7.99. The van der Waals surface area contributed by atoms with Crippen LogP contribution in [0, 0.1) is 5.92 Å². The van der Waals surface area contributed by atoms with Gasteiger partial charge in [-0.3, -0.25) is 4.79 Å². The van der Waals surface area contributed by atoms with E-state index in [1.165, 1.54) is 11.3 Å². The first kappa shape index (κ1) is 16.4. The monoisotopic (exact) mass is 300 g/mol. The van der Waals surface area contributed by atoms with Crippen molar-refractivity contribution in [3.63, 3.8) is 0 Å². The van der Waals surface area contributed by atoms with E-state index in [1.54, 1.807) is 11.8 Å². The number of nitrogen functional groups attached to an aromatic ring is 1. The molecule has 0 fully saturated rings. The van der Waals surface area contributed by atoms with Crippen LogP contribution < -0.4 is 10.6 Å². The molecule has 5 heteroatoms. The molecule has 0 bridgehead atoms. The van der Waals surface area contributed by atoms with E-state index in [-0.39, 0.29) is 5.78 Å². The molecule has 0 aliphatic carbocycles. The van der Waals surface area contributed by atoms with Gasteiger partial charge in [-0.2, -0.15) is 0 Å². The van der Waals surface area contributed by atoms with Crippen molar-refractivity contribution in [3.05, 3.63) is 4.88 Å². The minimum absolute atomic E-state index is 0.140. The van der Waals surface area contributed by atoms with Crippen LogP contribution in [0.15, 0.2) is 4.90 Å². The van der Waals surface area contributed by atoms with Crippen molar-refractivity contribution in [2.45, 2.75) is 38.5 Å². The number of ketones is 1. The van der Waals surface area contributed by atoms with Crippen LogP contribution >= 0.6 is 23.1 Å². The molecule has 2 N–H and O–H groups in total. The topological polar surface area (TPSA) is 46.3 Å². The van der Waals surface area contributed by atoms with Gasteiger partial charge in [0.1, 0.15) is 5.00 Å². The third kappa shape index (κ3) is 3.89. The van der Waals surface area contributed by atoms with Crippen LogP contribution in [0.5, 0.6) is 0 Å². The molecule has 0 radical (unpaired) electrons. The van der Waals surface area contributed by atoms with Crippen molar-refractivity contribution in [2.24, 2.45) is 5.92 Å². The molecule has 0 spiro atoms. The van der Waals surface area contributed by atoms with Crippen molar-refractivity contribution < 1.29 is 4.79 Å². The summed E-state index contributed by atoms with van der Waals surface area (Å²) < 4.78 is 0. The molecular formula is C14H24N2OS2. The molecule has 3 nitrogen and oxygen atoms in total. The van der Waals surface area contributed by atoms with E-state index in [0.29, 0.717) is 18.0 Å². The molecule has 0 saturated heterocycles. The number of hydrogen-bond donors (Lipinski definition) is 1. The Hall–Kier alpha value is -0.680. The summed E-state index contributed by atoms with van der Waals surface area (Å²) in [5, 5.41) is 1.13. The number of anilines is 2. The van der Waals surface area contributed by atoms with E-state index in [9.17, 15) is 4.79 Å². The SMILES string of the molecule is CCC(=O)c1sc(N(C)CCC(C)C)c(SC)c1N. The van der Waals surface area contributed by atoms with E-state index >= 15 is 0 Å². The Balaban J connectivity index is 3.03. The fourth-order valence-electron chi connectivity index (χ4n) is 1.79. The lowest BCUT2D eigenvalue weighted by Gasteiger charge is -2.19. The second-order valence-corrected chi connectivity index (χ2v) is 6.88. The van der Waals surface area contributed by atoms with Crippen molar-refractivity contribution in [2.75, 3.05) is 30.5 Å². The molecular weight excluding hydrogens is 276 g/mol. The predicted molar refractivity (Wildman–Crippen MR) is 87.9 cm³/mol. The maximum Gasteiger partial charge on any atom is 0.174 e. The largest absolute Gasteiger partial charge is 0.396 e. The number of rotatable bonds is 7. The quantitative estimate of drug-likeness (QED) is 0.607. The van der Waals surface area contributed by atoms with Crippen molar-refractivity contribution in [3.8, 4) is 0 Å². The number of nitrogens with zero attached hydrogens (tertiary/aromatic N) is 1. The van der Waals surface area contributed by atoms with Gasteiger partial charge in [0.2, 0.25) is 0 Å². The standard InChI is InChI=1S/C14H24N2OS2/c1-6-10(17)12-11(15)13(18-5)14(19-12)16(4)8-7-9(2)3/h9H,6-8,15H2,1-5H3. The Morgan fingerprint density at radius 1 is 1.47 bits per heavy atom. The fraction of sp³-hybridized carbons (Fsp3) is 0.643. The number of carbonyl (C=O) groups excluding carboxylic acids is 1. The van der Waals surface area contributed by atoms with Crippen LogP contribution in [0.1, 0.15) is 43.3 Å². The summed E-state index contributed by atoms with van der Waals surface area (Å²) in [7, 11) is 2.08. The predicted octanol–water partition coefficient (Wildman–Crippen LogP) is 4.13. The van der Waals surface area contributed by atoms with E-state index in [4.69, 9.17) is 5.73 Å². The molecule has 0 amide bonds. The first-order valence-corrected chi connectivity index (χ1v) is 8.67. The van der Waals surface area contributed by atoms with Gasteiger partial charge in [-0.05, 0) is 18.6 Å². The molecule has 1 aromatic rings. The maximum absolute atomic E-state index is 11.9. The van der Waals surface area contributed by atoms with Crippen LogP contribution in [0.3, 0.4) is 0 Å². The summed E-state index contributed by atoms with van der Waals surface area (Å²) in [5.74, 6) is 0.815. The fourth-order valence-corrected chi connectivity index (χ4v) is 3.99. The highest BCUT2D eigenvalue weighted by Crippen LogP contribution is 2.43. The number of hydrogen-bond acceptors (Lipinski definition) is 5. The third-order valence-corrected chi connectivity index (χ3v) is 5.36. The summed E-state index contributed by atoms with van der Waals surface area (Å²) in [4.78, 5) is 15.9. The Morgan fingerprint density at radius 2 is 2.11 bits per heavy atom. The Morgan fingerprint density at radius 3 is 2.58 bits per heavy atom. The van der Waals surface area contributed by atoms with Crippen LogP contribution in [-0.2, 0) is 0 Å². The van der Waals surface area contributed by atoms with Crippen LogP contribution in [-0.4, -0.2) is 25.6 Å². The summed E-state index contributed by atoms with van der Waals surface area (Å²) in [6.45, 7) is 7.31. The van der Waals surface area contributed by atoms with E-state index in [2.05, 4.69) is 25.8 Å². The van der Waals surface area contributed by atoms with Gasteiger partial charge >= 0.3 is 0 Å². The summed E-state index contributed by atoms with van der Waals surface area (Å²) in [6.07, 6.45) is 3.66. The average molecular weight is 300 g/mol. The third-order valence-electron chi connectivity index (χ3n) is 3.05. The molecule has 0 unspecified atom stereocenters. The smallest absolute Gasteiger partial charge is 0.174 e. The van der Waals surface area contributed by atoms with Gasteiger partial charge in [-0.1, -0.05) is 20.8 Å². The van der Waals surface area contributed by atoms with Gasteiger partial charge in [0, 0.05) is 20.0 Å². The van der Waals surface area contributed by atoms with E-state index < -0.39 is 0 Å². The van der Waals surface area contributed by atoms with Crippen LogP contribution in [0.25, 0.3) is 0 Å². The molecule has 0 aliphatic heterocycles. The number of Topliss-reactive ketones (excluding diaryl/α,β-unsaturated/α-hetero) is 1. The van der Waals surface area contributed by atoms with Gasteiger partial charge in [0.25, 0.3) is 0 Å². The zero-order chi connectivity index (χ0) is 14.6. The second-order valence-electron chi connectivity index (χ2n) is 5.06. The number of thiophene rings is 1. The molecule has 0 aromatic carbocycles. The molecule has 0 saturated carbocycles. The highest BCUT2D eigenvalue weighted by atomic mass is 32.2. The Bertz CT molecular complexity index is 441. The minimum Gasteiger partial charge on any atom is -0.396 e. The van der Waals surface area contributed by atoms with Gasteiger partial charge in [0.15, 0.2) is 5.78 Å². The van der Waals surface area contributed by atoms with Crippen LogP contribution in [0.4, 0.5) is 10.7 Å². The lowest BCUT2D eigenvalue weighted by atomic mass is 10.1. The second kappa shape index (κ2) is 7.20. The van der Waals surface area contributed by atoms with E-state index in [0.717, 1.165) is 27.7 Å². The number of thioether (sulfide) groups is 1. The lowest BCUT2D eigenvalue weighted by molar-refractivity contribution is 0.0992. The Labute approximate surface area is 124 Å². The van der Waals surface area contributed by atoms with Crippen LogP contribution in [0.2, 0.25) is 0 Å². The first-order chi connectivity index (χ1) is 8.92. The summed E-state index contributed by atoms with van der Waals surface area (Å²) in [5.41, 5.74) is 6.79. The first-order valence-electron chi connectivity index (χ1n) is 6.62. The summed E-state index contributed by atoms with van der Waals surface area (Å²) >= 11 is 3.16. The zero-order valence-electron chi connectivity index (χ0n) is 12.4. The molecule has 1 aromatic heterocycles. The van der Waals surface area contributed by atoms with Gasteiger partial charge < -0.3 is 10.6 Å². The highest BCUT2D eigenvalue weighted by Gasteiger charge is 2.21.